The molecule has 1 fully saturated rings. The Morgan fingerprint density at radius 2 is 1.87 bits per heavy atom. The third-order valence-corrected chi connectivity index (χ3v) is 5.75. The molecule has 1 aromatic heterocycles. The first-order valence-electron chi connectivity index (χ1n) is 10.6. The van der Waals surface area contributed by atoms with Gasteiger partial charge < -0.3 is 19.7 Å². The van der Waals surface area contributed by atoms with Crippen molar-refractivity contribution < 1.29 is 14.3 Å². The summed E-state index contributed by atoms with van der Waals surface area (Å²) >= 11 is 0. The number of benzene rings is 2. The number of carbonyl (C=O) groups is 1. The Hall–Kier alpha value is -3.35. The lowest BCUT2D eigenvalue weighted by atomic mass is 10.1. The lowest BCUT2D eigenvalue weighted by Crippen LogP contribution is -2.40. The Bertz CT molecular complexity index is 1050. The predicted molar refractivity (Wildman–Crippen MR) is 120 cm³/mol. The second kappa shape index (κ2) is 9.20. The highest BCUT2D eigenvalue weighted by Gasteiger charge is 2.23. The van der Waals surface area contributed by atoms with Crippen LogP contribution >= 0.6 is 0 Å². The lowest BCUT2D eigenvalue weighted by Gasteiger charge is -2.31. The van der Waals surface area contributed by atoms with Gasteiger partial charge in [0.15, 0.2) is 11.5 Å². The molecule has 2 heterocycles. The molecule has 1 N–H and O–H groups in total. The zero-order valence-corrected chi connectivity index (χ0v) is 18.2. The summed E-state index contributed by atoms with van der Waals surface area (Å²) < 4.78 is 11.9. The minimum absolute atomic E-state index is 0.0335. The number of ether oxygens (including phenoxy) is 2. The Morgan fingerprint density at radius 3 is 2.55 bits per heavy atom. The number of aromatic nitrogens is 2. The van der Waals surface area contributed by atoms with Crippen LogP contribution in [-0.2, 0) is 4.79 Å². The van der Waals surface area contributed by atoms with E-state index < -0.39 is 0 Å². The monoisotopic (exact) mass is 420 g/mol. The molecular formula is C24H28N4O3. The Morgan fingerprint density at radius 1 is 1.13 bits per heavy atom. The van der Waals surface area contributed by atoms with Gasteiger partial charge >= 0.3 is 0 Å². The van der Waals surface area contributed by atoms with Crippen LogP contribution in [0.5, 0.6) is 11.5 Å². The average Bonchev–Trinajstić information content (AvgIpc) is 2.80. The van der Waals surface area contributed by atoms with Gasteiger partial charge in [0.25, 0.3) is 0 Å². The molecule has 3 aromatic rings. The van der Waals surface area contributed by atoms with E-state index in [-0.39, 0.29) is 18.1 Å². The topological polar surface area (TPSA) is 76.6 Å². The quantitative estimate of drug-likeness (QED) is 0.644. The largest absolute Gasteiger partial charge is 0.493 e. The first kappa shape index (κ1) is 20.9. The summed E-state index contributed by atoms with van der Waals surface area (Å²) in [5, 5.41) is 4.37. The minimum Gasteiger partial charge on any atom is -0.493 e. The lowest BCUT2D eigenvalue weighted by molar-refractivity contribution is -0.130. The number of methoxy groups -OCH3 is 1. The summed E-state index contributed by atoms with van der Waals surface area (Å²) in [6.07, 6.45) is 3.18. The number of nitrogens with one attached hydrogen (secondary N) is 1. The van der Waals surface area contributed by atoms with Gasteiger partial charge in [-0.1, -0.05) is 30.3 Å². The van der Waals surface area contributed by atoms with E-state index in [0.29, 0.717) is 24.6 Å². The van der Waals surface area contributed by atoms with E-state index in [0.717, 1.165) is 29.6 Å². The molecular weight excluding hydrogens is 392 g/mol. The van der Waals surface area contributed by atoms with Crippen molar-refractivity contribution in [3.63, 3.8) is 0 Å². The molecule has 1 unspecified atom stereocenters. The molecule has 1 saturated heterocycles. The number of carbonyl (C=O) groups excluding carboxylic acids is 1. The van der Waals surface area contributed by atoms with E-state index in [1.165, 1.54) is 5.56 Å². The second-order valence-corrected chi connectivity index (χ2v) is 7.84. The zero-order chi connectivity index (χ0) is 21.8. The normalized spacial score (nSPS) is 15.5. The second-order valence-electron chi connectivity index (χ2n) is 7.84. The van der Waals surface area contributed by atoms with Crippen molar-refractivity contribution in [3.05, 3.63) is 54.4 Å². The number of fused-ring (bicyclic) bond motifs is 1. The predicted octanol–water partition coefficient (Wildman–Crippen LogP) is 4.20. The van der Waals surface area contributed by atoms with Gasteiger partial charge in [-0.25, -0.2) is 9.97 Å². The summed E-state index contributed by atoms with van der Waals surface area (Å²) in [6, 6.07) is 14.2. The minimum atomic E-state index is 0.0335. The van der Waals surface area contributed by atoms with Gasteiger partial charge in [0.05, 0.1) is 12.6 Å². The first-order valence-corrected chi connectivity index (χ1v) is 10.6. The number of amides is 1. The number of hydrogen-bond acceptors (Lipinski definition) is 6. The Balaban J connectivity index is 1.59. The average molecular weight is 421 g/mol. The number of piperidine rings is 1. The number of nitrogens with zero attached hydrogens (tertiary/aromatic N) is 3. The number of anilines is 1. The molecule has 1 amide bonds. The van der Waals surface area contributed by atoms with Crippen molar-refractivity contribution in [1.82, 2.24) is 14.9 Å². The van der Waals surface area contributed by atoms with Crippen LogP contribution in [0.2, 0.25) is 0 Å². The number of likely N-dealkylation sites (tertiary alicyclic amines) is 1. The number of hydrogen-bond donors (Lipinski definition) is 1. The van der Waals surface area contributed by atoms with Gasteiger partial charge in [-0.2, -0.15) is 0 Å². The molecule has 7 nitrogen and oxygen atoms in total. The van der Waals surface area contributed by atoms with E-state index in [1.54, 1.807) is 20.4 Å². The van der Waals surface area contributed by atoms with Crippen LogP contribution in [0.15, 0.2) is 48.8 Å². The molecule has 162 valence electrons. The van der Waals surface area contributed by atoms with Gasteiger partial charge in [-0.05, 0) is 18.6 Å². The highest BCUT2D eigenvalue weighted by Crippen LogP contribution is 2.36. The molecule has 4 rings (SSSR count). The van der Waals surface area contributed by atoms with Crippen LogP contribution in [-0.4, -0.2) is 47.1 Å². The highest BCUT2D eigenvalue weighted by atomic mass is 16.5. The standard InChI is InChI=1S/C24H28N4O3/c1-16(18-7-5-4-6-8-18)27-24-20-13-23(22(30-3)14-21(20)25-15-26-24)31-19-9-11-28(12-10-19)17(2)29/h4-8,13-16,19H,9-12H2,1-3H3,(H,25,26,27). The SMILES string of the molecule is COc1cc2ncnc(NC(C)c3ccccc3)c2cc1OC1CCN(C(C)=O)CC1. The maximum Gasteiger partial charge on any atom is 0.219 e. The van der Waals surface area contributed by atoms with Crippen molar-refractivity contribution >= 4 is 22.6 Å². The van der Waals surface area contributed by atoms with Gasteiger partial charge in [0.1, 0.15) is 18.2 Å². The molecule has 2 aromatic carbocycles. The van der Waals surface area contributed by atoms with E-state index in [9.17, 15) is 4.79 Å². The zero-order valence-electron chi connectivity index (χ0n) is 18.2. The molecule has 7 heteroatoms. The molecule has 0 spiro atoms. The summed E-state index contributed by atoms with van der Waals surface area (Å²) in [6.45, 7) is 5.13. The van der Waals surface area contributed by atoms with E-state index >= 15 is 0 Å². The van der Waals surface area contributed by atoms with Crippen molar-refractivity contribution in [2.24, 2.45) is 0 Å². The first-order chi connectivity index (χ1) is 15.0. The van der Waals surface area contributed by atoms with E-state index in [4.69, 9.17) is 9.47 Å². The van der Waals surface area contributed by atoms with Crippen molar-refractivity contribution in [2.75, 3.05) is 25.5 Å². The van der Waals surface area contributed by atoms with Crippen molar-refractivity contribution in [1.29, 1.82) is 0 Å². The van der Waals surface area contributed by atoms with Gasteiger partial charge in [-0.15, -0.1) is 0 Å². The summed E-state index contributed by atoms with van der Waals surface area (Å²) in [4.78, 5) is 22.3. The third-order valence-electron chi connectivity index (χ3n) is 5.75. The van der Waals surface area contributed by atoms with Crippen LogP contribution in [0.3, 0.4) is 0 Å². The summed E-state index contributed by atoms with van der Waals surface area (Å²) in [5.74, 6) is 2.17. The third kappa shape index (κ3) is 4.71. The maximum atomic E-state index is 11.6. The molecule has 31 heavy (non-hydrogen) atoms. The molecule has 1 aliphatic rings. The highest BCUT2D eigenvalue weighted by molar-refractivity contribution is 5.91. The summed E-state index contributed by atoms with van der Waals surface area (Å²) in [5.41, 5.74) is 1.96. The fourth-order valence-corrected chi connectivity index (χ4v) is 3.93. The molecule has 0 radical (unpaired) electrons. The van der Waals surface area contributed by atoms with Gasteiger partial charge in [0, 0.05) is 50.3 Å². The van der Waals surface area contributed by atoms with Crippen LogP contribution in [0, 0.1) is 0 Å². The molecule has 1 aliphatic heterocycles. The molecule has 0 saturated carbocycles. The Labute approximate surface area is 182 Å². The van der Waals surface area contributed by atoms with Crippen LogP contribution in [0.1, 0.15) is 38.3 Å². The van der Waals surface area contributed by atoms with E-state index in [2.05, 4.69) is 34.3 Å². The Kier molecular flexibility index (Phi) is 6.21. The number of rotatable bonds is 6. The van der Waals surface area contributed by atoms with Crippen LogP contribution < -0.4 is 14.8 Å². The van der Waals surface area contributed by atoms with Crippen LogP contribution in [0.25, 0.3) is 10.9 Å². The molecule has 0 aliphatic carbocycles. The molecule has 1 atom stereocenters. The fourth-order valence-electron chi connectivity index (χ4n) is 3.93. The van der Waals surface area contributed by atoms with Crippen molar-refractivity contribution in [2.45, 2.75) is 38.8 Å². The van der Waals surface area contributed by atoms with E-state index in [1.807, 2.05) is 35.2 Å². The van der Waals surface area contributed by atoms with Crippen LogP contribution in [0.4, 0.5) is 5.82 Å². The smallest absolute Gasteiger partial charge is 0.219 e. The van der Waals surface area contributed by atoms with Crippen molar-refractivity contribution in [3.8, 4) is 11.5 Å². The fraction of sp³-hybridized carbons (Fsp3) is 0.375. The van der Waals surface area contributed by atoms with Gasteiger partial charge in [0.2, 0.25) is 5.91 Å². The summed E-state index contributed by atoms with van der Waals surface area (Å²) in [7, 11) is 1.63. The van der Waals surface area contributed by atoms with Gasteiger partial charge in [-0.3, -0.25) is 4.79 Å². The maximum absolute atomic E-state index is 11.6. The molecule has 0 bridgehead atoms.